The number of ether oxygens (including phenoxy) is 1. The van der Waals surface area contributed by atoms with Gasteiger partial charge in [0, 0.05) is 29.6 Å². The van der Waals surface area contributed by atoms with E-state index in [2.05, 4.69) is 43.5 Å². The number of aromatic nitrogens is 5. The predicted octanol–water partition coefficient (Wildman–Crippen LogP) is 5.68. The third kappa shape index (κ3) is 5.06. The minimum absolute atomic E-state index is 0.416. The molecule has 0 fully saturated rings. The largest absolute Gasteiger partial charge is 0.420 e. The summed E-state index contributed by atoms with van der Waals surface area (Å²) >= 11 is 0. The summed E-state index contributed by atoms with van der Waals surface area (Å²) in [6, 6.07) is 23.1. The molecular weight excluding hydrogens is 438 g/mol. The summed E-state index contributed by atoms with van der Waals surface area (Å²) in [5, 5.41) is 12.1. The van der Waals surface area contributed by atoms with E-state index in [0.29, 0.717) is 23.4 Å². The first-order valence-corrected chi connectivity index (χ1v) is 11.2. The molecule has 5 rings (SSSR count). The Hall–Kier alpha value is -4.85. The van der Waals surface area contributed by atoms with Gasteiger partial charge >= 0.3 is 0 Å². The molecule has 0 atom stereocenters. The third-order valence-corrected chi connectivity index (χ3v) is 5.39. The number of nitrogen functional groups attached to an aromatic ring is 1. The van der Waals surface area contributed by atoms with Gasteiger partial charge in [-0.1, -0.05) is 37.3 Å². The highest BCUT2D eigenvalue weighted by Gasteiger charge is 2.11. The van der Waals surface area contributed by atoms with Gasteiger partial charge in [0.15, 0.2) is 5.82 Å². The number of rotatable bonds is 7. The van der Waals surface area contributed by atoms with Gasteiger partial charge in [0.1, 0.15) is 5.82 Å². The van der Waals surface area contributed by atoms with Crippen LogP contribution in [0.3, 0.4) is 0 Å². The van der Waals surface area contributed by atoms with Gasteiger partial charge < -0.3 is 15.8 Å². The van der Waals surface area contributed by atoms with E-state index in [-0.39, 0.29) is 0 Å². The molecule has 0 saturated heterocycles. The summed E-state index contributed by atoms with van der Waals surface area (Å²) < 4.78 is 5.98. The van der Waals surface area contributed by atoms with Gasteiger partial charge in [0.25, 0.3) is 0 Å². The van der Waals surface area contributed by atoms with E-state index in [4.69, 9.17) is 10.5 Å². The Morgan fingerprint density at radius 2 is 1.71 bits per heavy atom. The number of hydrogen-bond acceptors (Lipinski definition) is 8. The molecule has 0 saturated carbocycles. The van der Waals surface area contributed by atoms with Crippen molar-refractivity contribution in [1.29, 1.82) is 0 Å². The van der Waals surface area contributed by atoms with Crippen LogP contribution < -0.4 is 15.8 Å². The molecule has 4 heterocycles. The SMILES string of the molecule is CCc1cc(-c2ccccc2)nnc1Nc1ccc(Oc2ncccc2-c2ccnc(N)c2)nc1. The fourth-order valence-corrected chi connectivity index (χ4v) is 3.61. The molecule has 8 heteroatoms. The van der Waals surface area contributed by atoms with Gasteiger partial charge in [0.05, 0.1) is 17.6 Å². The Morgan fingerprint density at radius 1 is 0.829 bits per heavy atom. The highest BCUT2D eigenvalue weighted by molar-refractivity contribution is 5.70. The second kappa shape index (κ2) is 9.96. The summed E-state index contributed by atoms with van der Waals surface area (Å²) in [6.07, 6.45) is 5.83. The Balaban J connectivity index is 1.34. The van der Waals surface area contributed by atoms with Gasteiger partial charge in [0.2, 0.25) is 11.8 Å². The zero-order chi connectivity index (χ0) is 24.0. The number of nitrogens with one attached hydrogen (secondary N) is 1. The van der Waals surface area contributed by atoms with Crippen molar-refractivity contribution in [3.8, 4) is 34.1 Å². The minimum Gasteiger partial charge on any atom is -0.420 e. The van der Waals surface area contributed by atoms with E-state index in [1.807, 2.05) is 54.6 Å². The van der Waals surface area contributed by atoms with Crippen LogP contribution in [-0.4, -0.2) is 25.1 Å². The van der Waals surface area contributed by atoms with E-state index >= 15 is 0 Å². The van der Waals surface area contributed by atoms with Gasteiger partial charge in [-0.2, -0.15) is 0 Å². The first-order chi connectivity index (χ1) is 17.2. The van der Waals surface area contributed by atoms with Crippen LogP contribution in [0.2, 0.25) is 0 Å². The number of pyridine rings is 3. The van der Waals surface area contributed by atoms with Crippen LogP contribution in [0.25, 0.3) is 22.4 Å². The maximum Gasteiger partial charge on any atom is 0.229 e. The van der Waals surface area contributed by atoms with Crippen LogP contribution in [0.5, 0.6) is 11.8 Å². The first-order valence-electron chi connectivity index (χ1n) is 11.2. The van der Waals surface area contributed by atoms with Crippen molar-refractivity contribution in [2.75, 3.05) is 11.1 Å². The highest BCUT2D eigenvalue weighted by atomic mass is 16.5. The topological polar surface area (TPSA) is 112 Å². The summed E-state index contributed by atoms with van der Waals surface area (Å²) in [4.78, 5) is 12.8. The fraction of sp³-hybridized carbons (Fsp3) is 0.0741. The number of nitrogens with two attached hydrogens (primary N) is 1. The molecule has 35 heavy (non-hydrogen) atoms. The average Bonchev–Trinajstić information content (AvgIpc) is 2.91. The summed E-state index contributed by atoms with van der Waals surface area (Å²) in [6.45, 7) is 2.09. The molecular formula is C27H23N7O. The lowest BCUT2D eigenvalue weighted by Gasteiger charge is -2.12. The Bertz CT molecular complexity index is 1440. The van der Waals surface area contributed by atoms with Crippen molar-refractivity contribution in [3.05, 3.63) is 97.0 Å². The maximum atomic E-state index is 5.98. The zero-order valence-electron chi connectivity index (χ0n) is 19.1. The fourth-order valence-electron chi connectivity index (χ4n) is 3.61. The second-order valence-corrected chi connectivity index (χ2v) is 7.76. The Morgan fingerprint density at radius 3 is 2.49 bits per heavy atom. The van der Waals surface area contributed by atoms with Crippen molar-refractivity contribution in [2.45, 2.75) is 13.3 Å². The summed E-state index contributed by atoms with van der Waals surface area (Å²) in [5.74, 6) is 1.97. The average molecular weight is 462 g/mol. The van der Waals surface area contributed by atoms with Crippen LogP contribution in [0, 0.1) is 0 Å². The smallest absolute Gasteiger partial charge is 0.229 e. The molecule has 0 bridgehead atoms. The maximum absolute atomic E-state index is 5.98. The molecule has 0 aliphatic heterocycles. The lowest BCUT2D eigenvalue weighted by molar-refractivity contribution is 0.447. The summed E-state index contributed by atoms with van der Waals surface area (Å²) in [5.41, 5.74) is 11.2. The van der Waals surface area contributed by atoms with Crippen LogP contribution in [0.4, 0.5) is 17.3 Å². The highest BCUT2D eigenvalue weighted by Crippen LogP contribution is 2.31. The number of aryl methyl sites for hydroxylation is 1. The lowest BCUT2D eigenvalue weighted by atomic mass is 10.1. The molecule has 0 radical (unpaired) electrons. The van der Waals surface area contributed by atoms with E-state index < -0.39 is 0 Å². The van der Waals surface area contributed by atoms with Crippen LogP contribution in [0.1, 0.15) is 12.5 Å². The molecule has 172 valence electrons. The molecule has 4 aromatic heterocycles. The number of nitrogens with zero attached hydrogens (tertiary/aromatic N) is 5. The van der Waals surface area contributed by atoms with E-state index in [0.717, 1.165) is 40.1 Å². The van der Waals surface area contributed by atoms with E-state index in [1.165, 1.54) is 0 Å². The normalized spacial score (nSPS) is 10.7. The first kappa shape index (κ1) is 22.0. The molecule has 0 unspecified atom stereocenters. The molecule has 5 aromatic rings. The third-order valence-electron chi connectivity index (χ3n) is 5.39. The van der Waals surface area contributed by atoms with Crippen LogP contribution >= 0.6 is 0 Å². The summed E-state index contributed by atoms with van der Waals surface area (Å²) in [7, 11) is 0. The number of anilines is 3. The van der Waals surface area contributed by atoms with Gasteiger partial charge in [-0.15, -0.1) is 10.2 Å². The van der Waals surface area contributed by atoms with Crippen molar-refractivity contribution in [2.24, 2.45) is 0 Å². The lowest BCUT2D eigenvalue weighted by Crippen LogP contribution is -2.02. The molecule has 8 nitrogen and oxygen atoms in total. The Kier molecular flexibility index (Phi) is 6.25. The van der Waals surface area contributed by atoms with Crippen LogP contribution in [0.15, 0.2) is 91.4 Å². The number of benzene rings is 1. The van der Waals surface area contributed by atoms with Gasteiger partial charge in [-0.25, -0.2) is 15.0 Å². The van der Waals surface area contributed by atoms with Gasteiger partial charge in [-0.05, 0) is 53.9 Å². The van der Waals surface area contributed by atoms with Crippen molar-refractivity contribution in [1.82, 2.24) is 25.1 Å². The van der Waals surface area contributed by atoms with Crippen molar-refractivity contribution >= 4 is 17.3 Å². The molecule has 0 spiro atoms. The quantitative estimate of drug-likeness (QED) is 0.319. The van der Waals surface area contributed by atoms with Crippen molar-refractivity contribution in [3.63, 3.8) is 0 Å². The molecule has 3 N–H and O–H groups in total. The van der Waals surface area contributed by atoms with Crippen LogP contribution in [-0.2, 0) is 6.42 Å². The van der Waals surface area contributed by atoms with Crippen molar-refractivity contribution < 1.29 is 4.74 Å². The zero-order valence-corrected chi connectivity index (χ0v) is 19.1. The Labute approximate surface area is 202 Å². The van der Waals surface area contributed by atoms with E-state index in [1.54, 1.807) is 30.7 Å². The molecule has 1 aromatic carbocycles. The molecule has 0 aliphatic carbocycles. The standard InChI is InChI=1S/C27H23N7O/c1-2-18-15-23(19-7-4-3-5-8-19)33-34-26(18)32-21-10-11-25(31-17-21)35-27-22(9-6-13-30-27)20-12-14-29-24(28)16-20/h3-17H,2H2,1H3,(H2,28,29)(H,32,34). The number of hydrogen-bond donors (Lipinski definition) is 2. The second-order valence-electron chi connectivity index (χ2n) is 7.76. The molecule has 0 amide bonds. The monoisotopic (exact) mass is 461 g/mol. The van der Waals surface area contributed by atoms with E-state index in [9.17, 15) is 0 Å². The van der Waals surface area contributed by atoms with Gasteiger partial charge in [-0.3, -0.25) is 0 Å². The molecule has 0 aliphatic rings. The predicted molar refractivity (Wildman–Crippen MR) is 136 cm³/mol. The minimum atomic E-state index is 0.416.